The van der Waals surface area contributed by atoms with Crippen LogP contribution in [0.2, 0.25) is 0 Å². The van der Waals surface area contributed by atoms with Gasteiger partial charge >= 0.3 is 0 Å². The van der Waals surface area contributed by atoms with Gasteiger partial charge in [-0.2, -0.15) is 0 Å². The predicted molar refractivity (Wildman–Crippen MR) is 103 cm³/mol. The number of carbonyl (C=O) groups excluding carboxylic acids is 1. The number of rotatable bonds is 8. The Morgan fingerprint density at radius 3 is 2.31 bits per heavy atom. The number of anilines is 1. The molecule has 132 valence electrons. The lowest BCUT2D eigenvalue weighted by molar-refractivity contribution is 0.0946. The van der Waals surface area contributed by atoms with E-state index in [1.54, 1.807) is 6.07 Å². The van der Waals surface area contributed by atoms with Gasteiger partial charge in [-0.05, 0) is 24.0 Å². The quantitative estimate of drug-likeness (QED) is 0.613. The van der Waals surface area contributed by atoms with Crippen molar-refractivity contribution >= 4 is 11.7 Å². The van der Waals surface area contributed by atoms with Crippen molar-refractivity contribution in [3.8, 4) is 0 Å². The SMILES string of the molecule is O=C(NCc1ccccc1)c1cc(NCCCc2ccccc2)ncn1. The highest BCUT2D eigenvalue weighted by molar-refractivity contribution is 5.92. The maximum absolute atomic E-state index is 12.3. The van der Waals surface area contributed by atoms with Gasteiger partial charge in [0.15, 0.2) is 0 Å². The maximum atomic E-state index is 12.3. The minimum absolute atomic E-state index is 0.205. The topological polar surface area (TPSA) is 66.9 Å². The first kappa shape index (κ1) is 17.6. The molecule has 0 atom stereocenters. The van der Waals surface area contributed by atoms with E-state index in [9.17, 15) is 4.79 Å². The van der Waals surface area contributed by atoms with Crippen LogP contribution in [0, 0.1) is 0 Å². The second kappa shape index (κ2) is 9.32. The summed E-state index contributed by atoms with van der Waals surface area (Å²) in [4.78, 5) is 20.5. The number of aromatic nitrogens is 2. The third-order valence-electron chi connectivity index (χ3n) is 3.99. The maximum Gasteiger partial charge on any atom is 0.270 e. The highest BCUT2D eigenvalue weighted by Crippen LogP contribution is 2.07. The molecular formula is C21H22N4O. The normalized spacial score (nSPS) is 10.3. The molecule has 0 bridgehead atoms. The third-order valence-corrected chi connectivity index (χ3v) is 3.99. The van der Waals surface area contributed by atoms with E-state index in [0.717, 1.165) is 24.9 Å². The van der Waals surface area contributed by atoms with Crippen molar-refractivity contribution in [1.29, 1.82) is 0 Å². The van der Waals surface area contributed by atoms with Crippen LogP contribution in [0.3, 0.4) is 0 Å². The largest absolute Gasteiger partial charge is 0.370 e. The predicted octanol–water partition coefficient (Wildman–Crippen LogP) is 3.45. The van der Waals surface area contributed by atoms with E-state index in [-0.39, 0.29) is 5.91 Å². The van der Waals surface area contributed by atoms with Gasteiger partial charge in [-0.1, -0.05) is 60.7 Å². The van der Waals surface area contributed by atoms with E-state index in [1.807, 2.05) is 48.5 Å². The molecule has 2 N–H and O–H groups in total. The Kier molecular flexibility index (Phi) is 6.31. The second-order valence-electron chi connectivity index (χ2n) is 5.97. The van der Waals surface area contributed by atoms with Crippen molar-refractivity contribution in [2.45, 2.75) is 19.4 Å². The van der Waals surface area contributed by atoms with E-state index in [0.29, 0.717) is 18.1 Å². The van der Waals surface area contributed by atoms with Crippen molar-refractivity contribution in [2.24, 2.45) is 0 Å². The Morgan fingerprint density at radius 2 is 1.58 bits per heavy atom. The summed E-state index contributed by atoms with van der Waals surface area (Å²) < 4.78 is 0. The van der Waals surface area contributed by atoms with Crippen molar-refractivity contribution in [2.75, 3.05) is 11.9 Å². The molecule has 26 heavy (non-hydrogen) atoms. The van der Waals surface area contributed by atoms with Gasteiger partial charge < -0.3 is 10.6 Å². The molecule has 2 aromatic carbocycles. The summed E-state index contributed by atoms with van der Waals surface area (Å²) in [7, 11) is 0. The van der Waals surface area contributed by atoms with E-state index < -0.39 is 0 Å². The summed E-state index contributed by atoms with van der Waals surface area (Å²) in [5.74, 6) is 0.460. The lowest BCUT2D eigenvalue weighted by Crippen LogP contribution is -2.24. The molecule has 0 fully saturated rings. The van der Waals surface area contributed by atoms with E-state index in [1.165, 1.54) is 11.9 Å². The molecule has 5 heteroatoms. The highest BCUT2D eigenvalue weighted by atomic mass is 16.1. The third kappa shape index (κ3) is 5.41. The van der Waals surface area contributed by atoms with Gasteiger partial charge in [-0.15, -0.1) is 0 Å². The summed E-state index contributed by atoms with van der Waals surface area (Å²) in [6.45, 7) is 1.26. The van der Waals surface area contributed by atoms with E-state index in [2.05, 4.69) is 32.7 Å². The van der Waals surface area contributed by atoms with Crippen LogP contribution in [0.5, 0.6) is 0 Å². The lowest BCUT2D eigenvalue weighted by atomic mass is 10.1. The molecule has 3 rings (SSSR count). The van der Waals surface area contributed by atoms with Crippen molar-refractivity contribution in [3.63, 3.8) is 0 Å². The molecule has 1 heterocycles. The molecule has 1 amide bonds. The van der Waals surface area contributed by atoms with E-state index in [4.69, 9.17) is 0 Å². The monoisotopic (exact) mass is 346 g/mol. The molecule has 0 aliphatic rings. The minimum atomic E-state index is -0.205. The van der Waals surface area contributed by atoms with Crippen LogP contribution >= 0.6 is 0 Å². The Labute approximate surface area is 153 Å². The van der Waals surface area contributed by atoms with Crippen LogP contribution in [0.4, 0.5) is 5.82 Å². The van der Waals surface area contributed by atoms with Gasteiger partial charge in [0.1, 0.15) is 17.8 Å². The number of benzene rings is 2. The molecule has 1 aromatic heterocycles. The Morgan fingerprint density at radius 1 is 0.885 bits per heavy atom. The number of nitrogens with one attached hydrogen (secondary N) is 2. The Bertz CT molecular complexity index is 822. The summed E-state index contributed by atoms with van der Waals surface area (Å²) in [5.41, 5.74) is 2.73. The van der Waals surface area contributed by atoms with Gasteiger partial charge in [0.2, 0.25) is 0 Å². The summed E-state index contributed by atoms with van der Waals surface area (Å²) in [5, 5.41) is 6.13. The molecule has 0 aliphatic heterocycles. The van der Waals surface area contributed by atoms with Gasteiger partial charge in [-0.25, -0.2) is 9.97 Å². The van der Waals surface area contributed by atoms with Crippen molar-refractivity contribution in [1.82, 2.24) is 15.3 Å². The molecule has 0 radical (unpaired) electrons. The van der Waals surface area contributed by atoms with Crippen LogP contribution in [-0.4, -0.2) is 22.4 Å². The summed E-state index contributed by atoms with van der Waals surface area (Å²) >= 11 is 0. The first-order valence-corrected chi connectivity index (χ1v) is 8.73. The van der Waals surface area contributed by atoms with Crippen molar-refractivity contribution < 1.29 is 4.79 Å². The van der Waals surface area contributed by atoms with Crippen LogP contribution < -0.4 is 10.6 Å². The first-order valence-electron chi connectivity index (χ1n) is 8.73. The van der Waals surface area contributed by atoms with Crippen molar-refractivity contribution in [3.05, 3.63) is 89.9 Å². The fourth-order valence-electron chi connectivity index (χ4n) is 2.60. The van der Waals surface area contributed by atoms with Gasteiger partial charge in [-0.3, -0.25) is 4.79 Å². The van der Waals surface area contributed by atoms with Crippen LogP contribution in [0.1, 0.15) is 28.0 Å². The molecule has 0 saturated heterocycles. The zero-order valence-electron chi connectivity index (χ0n) is 14.6. The van der Waals surface area contributed by atoms with Crippen LogP contribution in [0.25, 0.3) is 0 Å². The number of carbonyl (C=O) groups is 1. The number of hydrogen-bond donors (Lipinski definition) is 2. The molecule has 0 spiro atoms. The first-order chi connectivity index (χ1) is 12.8. The Balaban J connectivity index is 1.47. The highest BCUT2D eigenvalue weighted by Gasteiger charge is 2.08. The minimum Gasteiger partial charge on any atom is -0.370 e. The number of hydrogen-bond acceptors (Lipinski definition) is 4. The number of aryl methyl sites for hydroxylation is 1. The molecule has 0 saturated carbocycles. The average Bonchev–Trinajstić information content (AvgIpc) is 2.71. The fourth-order valence-corrected chi connectivity index (χ4v) is 2.60. The van der Waals surface area contributed by atoms with Gasteiger partial charge in [0, 0.05) is 19.2 Å². The van der Waals surface area contributed by atoms with Gasteiger partial charge in [0.25, 0.3) is 5.91 Å². The summed E-state index contributed by atoms with van der Waals surface area (Å²) in [6.07, 6.45) is 3.41. The van der Waals surface area contributed by atoms with E-state index >= 15 is 0 Å². The molecule has 3 aromatic rings. The Hall–Kier alpha value is -3.21. The smallest absolute Gasteiger partial charge is 0.270 e. The number of nitrogens with zero attached hydrogens (tertiary/aromatic N) is 2. The lowest BCUT2D eigenvalue weighted by Gasteiger charge is -2.08. The molecule has 0 unspecified atom stereocenters. The number of amides is 1. The second-order valence-corrected chi connectivity index (χ2v) is 5.97. The molecule has 5 nitrogen and oxygen atoms in total. The zero-order valence-corrected chi connectivity index (χ0v) is 14.6. The van der Waals surface area contributed by atoms with Gasteiger partial charge in [0.05, 0.1) is 0 Å². The van der Waals surface area contributed by atoms with Crippen LogP contribution in [0.15, 0.2) is 73.1 Å². The fraction of sp³-hybridized carbons (Fsp3) is 0.190. The average molecular weight is 346 g/mol. The standard InChI is InChI=1S/C21H22N4O/c26-21(23-15-18-10-5-2-6-11-18)19-14-20(25-16-24-19)22-13-7-12-17-8-3-1-4-9-17/h1-6,8-11,14,16H,7,12-13,15H2,(H,23,26)(H,22,24,25). The molecule has 0 aliphatic carbocycles. The van der Waals surface area contributed by atoms with Crippen LogP contribution in [-0.2, 0) is 13.0 Å². The summed E-state index contributed by atoms with van der Waals surface area (Å²) in [6, 6.07) is 21.8. The molecular weight excluding hydrogens is 324 g/mol. The zero-order chi connectivity index (χ0) is 18.0.